The standard InChI is InChI=1S/C21H32O5S/c1-2-3-4-5-6-7-8-9-10-11-12-13-14-21(22)26-19-15-17-20(18-16-19)27(23,24)25/h11-12,15-18H,2-10,13-14H2,1H3,(H,23,24,25). The van der Waals surface area contributed by atoms with Crippen molar-refractivity contribution in [2.24, 2.45) is 0 Å². The molecular formula is C21H32O5S. The van der Waals surface area contributed by atoms with Crippen molar-refractivity contribution in [1.29, 1.82) is 0 Å². The summed E-state index contributed by atoms with van der Waals surface area (Å²) in [6, 6.07) is 5.08. The topological polar surface area (TPSA) is 80.7 Å². The number of ether oxygens (including phenoxy) is 1. The van der Waals surface area contributed by atoms with E-state index < -0.39 is 10.1 Å². The second-order valence-electron chi connectivity index (χ2n) is 6.69. The molecule has 0 amide bonds. The van der Waals surface area contributed by atoms with Crippen molar-refractivity contribution in [3.05, 3.63) is 36.4 Å². The van der Waals surface area contributed by atoms with E-state index in [0.717, 1.165) is 6.42 Å². The number of carbonyl (C=O) groups is 1. The molecular weight excluding hydrogens is 364 g/mol. The highest BCUT2D eigenvalue weighted by molar-refractivity contribution is 7.85. The lowest BCUT2D eigenvalue weighted by Crippen LogP contribution is -2.07. The zero-order chi connectivity index (χ0) is 20.0. The second kappa shape index (κ2) is 13.5. The van der Waals surface area contributed by atoms with Gasteiger partial charge in [-0.2, -0.15) is 8.42 Å². The normalized spacial score (nSPS) is 11.8. The zero-order valence-electron chi connectivity index (χ0n) is 16.2. The number of benzene rings is 1. The fourth-order valence-corrected chi connectivity index (χ4v) is 3.18. The lowest BCUT2D eigenvalue weighted by atomic mass is 10.1. The molecule has 0 aliphatic carbocycles. The third-order valence-electron chi connectivity index (χ3n) is 4.26. The van der Waals surface area contributed by atoms with Gasteiger partial charge in [-0.15, -0.1) is 0 Å². The van der Waals surface area contributed by atoms with Crippen LogP contribution in [0.3, 0.4) is 0 Å². The molecule has 1 N–H and O–H groups in total. The number of carbonyl (C=O) groups excluding carboxylic acids is 1. The molecule has 0 saturated carbocycles. The second-order valence-corrected chi connectivity index (χ2v) is 8.12. The predicted molar refractivity (Wildman–Crippen MR) is 107 cm³/mol. The first-order chi connectivity index (χ1) is 12.9. The van der Waals surface area contributed by atoms with Crippen molar-refractivity contribution in [2.45, 2.75) is 82.4 Å². The van der Waals surface area contributed by atoms with Crippen molar-refractivity contribution in [3.63, 3.8) is 0 Å². The highest BCUT2D eigenvalue weighted by Crippen LogP contribution is 2.16. The van der Waals surface area contributed by atoms with Gasteiger partial charge in [0.2, 0.25) is 0 Å². The van der Waals surface area contributed by atoms with Gasteiger partial charge in [0, 0.05) is 6.42 Å². The molecule has 0 bridgehead atoms. The Hall–Kier alpha value is -1.66. The summed E-state index contributed by atoms with van der Waals surface area (Å²) in [7, 11) is -4.23. The lowest BCUT2D eigenvalue weighted by molar-refractivity contribution is -0.134. The molecule has 0 atom stereocenters. The van der Waals surface area contributed by atoms with E-state index in [1.165, 1.54) is 75.6 Å². The average molecular weight is 397 g/mol. The summed E-state index contributed by atoms with van der Waals surface area (Å²) >= 11 is 0. The Morgan fingerprint density at radius 2 is 1.48 bits per heavy atom. The first kappa shape index (κ1) is 23.4. The van der Waals surface area contributed by atoms with E-state index in [4.69, 9.17) is 9.29 Å². The Balaban J connectivity index is 2.09. The van der Waals surface area contributed by atoms with Gasteiger partial charge in [-0.3, -0.25) is 9.35 Å². The minimum absolute atomic E-state index is 0.230. The minimum Gasteiger partial charge on any atom is -0.427 e. The maximum atomic E-state index is 11.8. The number of unbranched alkanes of at least 4 members (excludes halogenated alkanes) is 8. The van der Waals surface area contributed by atoms with E-state index in [1.54, 1.807) is 0 Å². The fourth-order valence-electron chi connectivity index (χ4n) is 2.70. The van der Waals surface area contributed by atoms with Gasteiger partial charge in [0.1, 0.15) is 5.75 Å². The molecule has 5 nitrogen and oxygen atoms in total. The van der Waals surface area contributed by atoms with Crippen LogP contribution in [-0.2, 0) is 14.9 Å². The summed E-state index contributed by atoms with van der Waals surface area (Å²) in [5, 5.41) is 0. The number of esters is 1. The van der Waals surface area contributed by atoms with Gasteiger partial charge >= 0.3 is 5.97 Å². The maximum Gasteiger partial charge on any atom is 0.311 e. The first-order valence-corrected chi connectivity index (χ1v) is 11.3. The third-order valence-corrected chi connectivity index (χ3v) is 5.13. The summed E-state index contributed by atoms with van der Waals surface area (Å²) < 4.78 is 35.9. The highest BCUT2D eigenvalue weighted by Gasteiger charge is 2.10. The van der Waals surface area contributed by atoms with E-state index in [9.17, 15) is 13.2 Å². The molecule has 0 saturated heterocycles. The monoisotopic (exact) mass is 396 g/mol. The first-order valence-electron chi connectivity index (χ1n) is 9.86. The van der Waals surface area contributed by atoms with Gasteiger partial charge in [-0.1, -0.05) is 64.0 Å². The van der Waals surface area contributed by atoms with Crippen LogP contribution >= 0.6 is 0 Å². The van der Waals surface area contributed by atoms with Crippen LogP contribution in [0.25, 0.3) is 0 Å². The molecule has 0 aliphatic heterocycles. The molecule has 152 valence electrons. The number of hydrogen-bond acceptors (Lipinski definition) is 4. The van der Waals surface area contributed by atoms with Crippen LogP contribution in [0.5, 0.6) is 5.75 Å². The van der Waals surface area contributed by atoms with Crippen LogP contribution in [-0.4, -0.2) is 18.9 Å². The fraction of sp³-hybridized carbons (Fsp3) is 0.571. The van der Waals surface area contributed by atoms with Gasteiger partial charge in [0.25, 0.3) is 10.1 Å². The molecule has 0 spiro atoms. The zero-order valence-corrected chi connectivity index (χ0v) is 17.0. The van der Waals surface area contributed by atoms with Crippen molar-refractivity contribution < 1.29 is 22.5 Å². The van der Waals surface area contributed by atoms with Crippen LogP contribution in [0.2, 0.25) is 0 Å². The van der Waals surface area contributed by atoms with Gasteiger partial charge in [0.05, 0.1) is 4.90 Å². The molecule has 0 radical (unpaired) electrons. The Morgan fingerprint density at radius 3 is 2.07 bits per heavy atom. The Kier molecular flexibility index (Phi) is 11.7. The minimum atomic E-state index is -4.23. The van der Waals surface area contributed by atoms with E-state index in [0.29, 0.717) is 6.42 Å². The van der Waals surface area contributed by atoms with Crippen molar-refractivity contribution in [3.8, 4) is 5.75 Å². The van der Waals surface area contributed by atoms with E-state index in [2.05, 4.69) is 13.0 Å². The van der Waals surface area contributed by atoms with Crippen LogP contribution < -0.4 is 4.74 Å². The third kappa shape index (κ3) is 11.6. The van der Waals surface area contributed by atoms with Crippen LogP contribution in [0.4, 0.5) is 0 Å². The summed E-state index contributed by atoms with van der Waals surface area (Å²) in [6.45, 7) is 2.23. The molecule has 1 rings (SSSR count). The Bertz CT molecular complexity index is 662. The molecule has 0 unspecified atom stereocenters. The van der Waals surface area contributed by atoms with E-state index in [1.807, 2.05) is 6.08 Å². The number of rotatable bonds is 14. The van der Waals surface area contributed by atoms with Crippen LogP contribution in [0.1, 0.15) is 77.6 Å². The Labute approximate surface area is 163 Å². The summed E-state index contributed by atoms with van der Waals surface area (Å²) in [4.78, 5) is 11.5. The van der Waals surface area contributed by atoms with Gasteiger partial charge in [-0.25, -0.2) is 0 Å². The van der Waals surface area contributed by atoms with E-state index >= 15 is 0 Å². The molecule has 1 aromatic carbocycles. The molecule has 0 aliphatic rings. The van der Waals surface area contributed by atoms with Crippen molar-refractivity contribution >= 4 is 16.1 Å². The summed E-state index contributed by atoms with van der Waals surface area (Å²) in [5.41, 5.74) is 0. The van der Waals surface area contributed by atoms with Gasteiger partial charge < -0.3 is 4.74 Å². The average Bonchev–Trinajstić information content (AvgIpc) is 2.62. The number of hydrogen-bond donors (Lipinski definition) is 1. The lowest BCUT2D eigenvalue weighted by Gasteiger charge is -2.04. The molecule has 0 aromatic heterocycles. The maximum absolute atomic E-state index is 11.8. The summed E-state index contributed by atoms with van der Waals surface area (Å²) in [5.74, 6) is -0.110. The quantitative estimate of drug-likeness (QED) is 0.143. The van der Waals surface area contributed by atoms with Crippen molar-refractivity contribution in [2.75, 3.05) is 0 Å². The predicted octanol–water partition coefficient (Wildman–Crippen LogP) is 5.71. The molecule has 27 heavy (non-hydrogen) atoms. The molecule has 0 fully saturated rings. The highest BCUT2D eigenvalue weighted by atomic mass is 32.2. The number of allylic oxidation sites excluding steroid dienone is 2. The molecule has 1 aromatic rings. The van der Waals surface area contributed by atoms with Crippen LogP contribution in [0.15, 0.2) is 41.3 Å². The van der Waals surface area contributed by atoms with E-state index in [-0.39, 0.29) is 23.0 Å². The molecule has 6 heteroatoms. The van der Waals surface area contributed by atoms with Gasteiger partial charge in [0.15, 0.2) is 0 Å². The SMILES string of the molecule is CCCCCCCCCCC=CCCC(=O)Oc1ccc(S(=O)(=O)O)cc1. The van der Waals surface area contributed by atoms with Crippen molar-refractivity contribution in [1.82, 2.24) is 0 Å². The van der Waals surface area contributed by atoms with Gasteiger partial charge in [-0.05, 0) is 43.5 Å². The van der Waals surface area contributed by atoms with Crippen LogP contribution in [0, 0.1) is 0 Å². The smallest absolute Gasteiger partial charge is 0.311 e. The summed E-state index contributed by atoms with van der Waals surface area (Å²) in [6.07, 6.45) is 16.5. The molecule has 0 heterocycles. The Morgan fingerprint density at radius 1 is 0.926 bits per heavy atom. The largest absolute Gasteiger partial charge is 0.427 e.